The fourth-order valence-electron chi connectivity index (χ4n) is 1.87. The highest BCUT2D eigenvalue weighted by atomic mass is 32.2. The van der Waals surface area contributed by atoms with Crippen LogP contribution in [0.3, 0.4) is 0 Å². The lowest BCUT2D eigenvalue weighted by molar-refractivity contribution is -0.150. The number of ether oxygens (including phenoxy) is 1. The van der Waals surface area contributed by atoms with Crippen molar-refractivity contribution in [2.45, 2.75) is 37.6 Å². The van der Waals surface area contributed by atoms with Gasteiger partial charge in [-0.15, -0.1) is 11.8 Å². The van der Waals surface area contributed by atoms with E-state index in [0.29, 0.717) is 30.2 Å². The van der Waals surface area contributed by atoms with Gasteiger partial charge in [0, 0.05) is 10.6 Å². The molecule has 0 fully saturated rings. The molecular weight excluding hydrogens is 277 g/mol. The summed E-state index contributed by atoms with van der Waals surface area (Å²) < 4.78 is 18.6. The quantitative estimate of drug-likeness (QED) is 0.591. The van der Waals surface area contributed by atoms with Crippen LogP contribution in [-0.2, 0) is 9.53 Å². The fourth-order valence-corrected chi connectivity index (χ4v) is 2.98. The van der Waals surface area contributed by atoms with Gasteiger partial charge in [0.05, 0.1) is 6.61 Å². The highest BCUT2D eigenvalue weighted by Gasteiger charge is 2.33. The number of halogens is 1. The lowest BCUT2D eigenvalue weighted by Gasteiger charge is -2.27. The lowest BCUT2D eigenvalue weighted by atomic mass is 9.99. The van der Waals surface area contributed by atoms with E-state index in [2.05, 4.69) is 5.32 Å². The molecule has 112 valence electrons. The van der Waals surface area contributed by atoms with E-state index in [1.54, 1.807) is 25.1 Å². The molecular formula is C15H22FNO2S. The van der Waals surface area contributed by atoms with Crippen molar-refractivity contribution in [3.8, 4) is 0 Å². The van der Waals surface area contributed by atoms with Crippen molar-refractivity contribution in [2.75, 3.05) is 18.9 Å². The van der Waals surface area contributed by atoms with Crippen LogP contribution in [0.4, 0.5) is 4.39 Å². The van der Waals surface area contributed by atoms with Gasteiger partial charge >= 0.3 is 5.97 Å². The first kappa shape index (κ1) is 17.0. The molecule has 0 aliphatic carbocycles. The number of thioether (sulfide) groups is 1. The van der Waals surface area contributed by atoms with E-state index in [-0.39, 0.29) is 11.8 Å². The summed E-state index contributed by atoms with van der Waals surface area (Å²) in [5.74, 6) is 0.165. The van der Waals surface area contributed by atoms with Crippen molar-refractivity contribution in [3.63, 3.8) is 0 Å². The first-order chi connectivity index (χ1) is 9.53. The highest BCUT2D eigenvalue weighted by Crippen LogP contribution is 2.25. The first-order valence-corrected chi connectivity index (χ1v) is 7.81. The summed E-state index contributed by atoms with van der Waals surface area (Å²) in [5, 5.41) is 3.16. The maximum Gasteiger partial charge on any atom is 0.326 e. The molecule has 0 radical (unpaired) electrons. The molecule has 0 saturated heterocycles. The van der Waals surface area contributed by atoms with Crippen LogP contribution in [0.2, 0.25) is 0 Å². The third kappa shape index (κ3) is 4.80. The minimum absolute atomic E-state index is 0.223. The Balaban J connectivity index is 2.59. The number of hydrogen-bond acceptors (Lipinski definition) is 4. The molecule has 0 aliphatic rings. The molecule has 0 bridgehead atoms. The Hall–Kier alpha value is -1.07. The van der Waals surface area contributed by atoms with Gasteiger partial charge in [-0.2, -0.15) is 0 Å². The van der Waals surface area contributed by atoms with E-state index in [1.807, 2.05) is 13.8 Å². The number of benzene rings is 1. The largest absolute Gasteiger partial charge is 0.465 e. The van der Waals surface area contributed by atoms with Crippen molar-refractivity contribution in [1.29, 1.82) is 0 Å². The van der Waals surface area contributed by atoms with Gasteiger partial charge in [-0.25, -0.2) is 4.39 Å². The summed E-state index contributed by atoms with van der Waals surface area (Å²) in [6, 6.07) is 6.66. The van der Waals surface area contributed by atoms with E-state index >= 15 is 0 Å². The molecule has 0 heterocycles. The summed E-state index contributed by atoms with van der Waals surface area (Å²) in [6.07, 6.45) is 0.582. The molecule has 20 heavy (non-hydrogen) atoms. The van der Waals surface area contributed by atoms with Gasteiger partial charge in [0.25, 0.3) is 0 Å². The smallest absolute Gasteiger partial charge is 0.326 e. The van der Waals surface area contributed by atoms with Crippen LogP contribution in [0.15, 0.2) is 29.2 Å². The maximum absolute atomic E-state index is 13.5. The SMILES string of the molecule is CCNC(C)(CCSc1ccccc1F)C(=O)OCC. The van der Waals surface area contributed by atoms with Crippen LogP contribution >= 0.6 is 11.8 Å². The summed E-state index contributed by atoms with van der Waals surface area (Å²) in [7, 11) is 0. The topological polar surface area (TPSA) is 38.3 Å². The standard InChI is InChI=1S/C15H22FNO2S/c1-4-17-15(3,14(18)19-5-2)10-11-20-13-9-7-6-8-12(13)16/h6-9,17H,4-5,10-11H2,1-3H3. The molecule has 1 aromatic rings. The van der Waals surface area contributed by atoms with E-state index in [0.717, 1.165) is 0 Å². The first-order valence-electron chi connectivity index (χ1n) is 6.83. The zero-order valence-corrected chi connectivity index (χ0v) is 13.1. The minimum atomic E-state index is -0.719. The van der Waals surface area contributed by atoms with E-state index in [4.69, 9.17) is 4.74 Å². The summed E-state index contributed by atoms with van der Waals surface area (Å²) >= 11 is 1.41. The summed E-state index contributed by atoms with van der Waals surface area (Å²) in [6.45, 7) is 6.61. The lowest BCUT2D eigenvalue weighted by Crippen LogP contribution is -2.50. The van der Waals surface area contributed by atoms with E-state index in [9.17, 15) is 9.18 Å². The molecule has 0 saturated carbocycles. The summed E-state index contributed by atoms with van der Waals surface area (Å²) in [4.78, 5) is 12.6. The molecule has 0 aromatic heterocycles. The van der Waals surface area contributed by atoms with Gasteiger partial charge < -0.3 is 10.1 Å². The van der Waals surface area contributed by atoms with Gasteiger partial charge in [-0.1, -0.05) is 19.1 Å². The van der Waals surface area contributed by atoms with Crippen LogP contribution in [0, 0.1) is 5.82 Å². The molecule has 1 unspecified atom stereocenters. The predicted molar refractivity (Wildman–Crippen MR) is 80.5 cm³/mol. The second kappa shape index (κ2) is 8.27. The Morgan fingerprint density at radius 2 is 2.10 bits per heavy atom. The van der Waals surface area contributed by atoms with Crippen LogP contribution in [0.5, 0.6) is 0 Å². The normalized spacial score (nSPS) is 13.8. The predicted octanol–water partition coefficient (Wildman–Crippen LogP) is 3.24. The molecule has 3 nitrogen and oxygen atoms in total. The third-order valence-corrected chi connectivity index (χ3v) is 4.04. The number of rotatable bonds is 8. The van der Waals surface area contributed by atoms with Crippen molar-refractivity contribution in [1.82, 2.24) is 5.32 Å². The minimum Gasteiger partial charge on any atom is -0.465 e. The van der Waals surface area contributed by atoms with Gasteiger partial charge in [0.1, 0.15) is 11.4 Å². The van der Waals surface area contributed by atoms with Crippen LogP contribution in [0.25, 0.3) is 0 Å². The number of carbonyl (C=O) groups is 1. The van der Waals surface area contributed by atoms with Gasteiger partial charge in [-0.05, 0) is 38.9 Å². The van der Waals surface area contributed by atoms with Crippen LogP contribution in [0.1, 0.15) is 27.2 Å². The van der Waals surface area contributed by atoms with Gasteiger partial charge in [0.15, 0.2) is 0 Å². The zero-order chi connectivity index (χ0) is 15.0. The van der Waals surface area contributed by atoms with E-state index < -0.39 is 5.54 Å². The van der Waals surface area contributed by atoms with Crippen LogP contribution in [-0.4, -0.2) is 30.4 Å². The maximum atomic E-state index is 13.5. The molecule has 1 rings (SSSR count). The molecule has 1 aromatic carbocycles. The van der Waals surface area contributed by atoms with E-state index in [1.165, 1.54) is 17.8 Å². The van der Waals surface area contributed by atoms with Gasteiger partial charge in [-0.3, -0.25) is 4.79 Å². The second-order valence-electron chi connectivity index (χ2n) is 4.61. The van der Waals surface area contributed by atoms with Crippen molar-refractivity contribution in [2.24, 2.45) is 0 Å². The monoisotopic (exact) mass is 299 g/mol. The van der Waals surface area contributed by atoms with Crippen molar-refractivity contribution in [3.05, 3.63) is 30.1 Å². The summed E-state index contributed by atoms with van der Waals surface area (Å²) in [5.41, 5.74) is -0.719. The number of hydrogen-bond donors (Lipinski definition) is 1. The number of carbonyl (C=O) groups excluding carboxylic acids is 1. The molecule has 1 N–H and O–H groups in total. The Morgan fingerprint density at radius 3 is 2.70 bits per heavy atom. The average Bonchev–Trinajstić information content (AvgIpc) is 2.41. The fraction of sp³-hybridized carbons (Fsp3) is 0.533. The Labute approximate surface area is 124 Å². The number of esters is 1. The zero-order valence-electron chi connectivity index (χ0n) is 12.2. The molecule has 5 heteroatoms. The molecule has 0 aliphatic heterocycles. The number of likely N-dealkylation sites (N-methyl/N-ethyl adjacent to an activating group) is 1. The highest BCUT2D eigenvalue weighted by molar-refractivity contribution is 7.99. The average molecular weight is 299 g/mol. The Kier molecular flexibility index (Phi) is 7.02. The molecule has 0 amide bonds. The third-order valence-electron chi connectivity index (χ3n) is 2.99. The Bertz CT molecular complexity index is 442. The molecule has 1 atom stereocenters. The number of nitrogens with one attached hydrogen (secondary N) is 1. The van der Waals surface area contributed by atoms with Crippen molar-refractivity contribution >= 4 is 17.7 Å². The molecule has 0 spiro atoms. The van der Waals surface area contributed by atoms with Gasteiger partial charge in [0.2, 0.25) is 0 Å². The van der Waals surface area contributed by atoms with Crippen molar-refractivity contribution < 1.29 is 13.9 Å². The van der Waals surface area contributed by atoms with Crippen LogP contribution < -0.4 is 5.32 Å². The second-order valence-corrected chi connectivity index (χ2v) is 5.75. The Morgan fingerprint density at radius 1 is 1.40 bits per heavy atom.